The van der Waals surface area contributed by atoms with Crippen LogP contribution >= 0.6 is 0 Å². The maximum atomic E-state index is 12.0. The van der Waals surface area contributed by atoms with E-state index >= 15 is 0 Å². The molecule has 1 fully saturated rings. The minimum atomic E-state index is -0.123. The van der Waals surface area contributed by atoms with Crippen molar-refractivity contribution in [2.45, 2.75) is 25.3 Å². The summed E-state index contributed by atoms with van der Waals surface area (Å²) in [6.45, 7) is 0. The minimum Gasteiger partial charge on any atom is -0.327 e. The van der Waals surface area contributed by atoms with Crippen molar-refractivity contribution in [2.75, 3.05) is 5.32 Å². The first-order chi connectivity index (χ1) is 8.22. The molecule has 4 nitrogen and oxygen atoms in total. The molecule has 2 unspecified atom stereocenters. The Morgan fingerprint density at radius 1 is 1.41 bits per heavy atom. The molecule has 1 saturated carbocycles. The van der Waals surface area contributed by atoms with E-state index in [1.54, 1.807) is 24.3 Å². The molecule has 0 radical (unpaired) electrons. The highest BCUT2D eigenvalue weighted by Crippen LogP contribution is 2.25. The van der Waals surface area contributed by atoms with Crippen LogP contribution in [0.5, 0.6) is 0 Å². The van der Waals surface area contributed by atoms with Crippen molar-refractivity contribution in [1.29, 1.82) is 5.26 Å². The van der Waals surface area contributed by atoms with Crippen LogP contribution in [0.3, 0.4) is 0 Å². The van der Waals surface area contributed by atoms with Gasteiger partial charge in [-0.15, -0.1) is 0 Å². The highest BCUT2D eigenvalue weighted by Gasteiger charge is 2.30. The van der Waals surface area contributed by atoms with E-state index in [1.165, 1.54) is 0 Å². The summed E-state index contributed by atoms with van der Waals surface area (Å²) in [7, 11) is 0. The zero-order valence-corrected chi connectivity index (χ0v) is 9.52. The minimum absolute atomic E-state index is 0.0516. The molecular formula is C13H15N3O. The molecule has 2 atom stereocenters. The first-order valence-electron chi connectivity index (χ1n) is 5.78. The van der Waals surface area contributed by atoms with Gasteiger partial charge in [0.2, 0.25) is 5.91 Å². The topological polar surface area (TPSA) is 78.9 Å². The van der Waals surface area contributed by atoms with Crippen LogP contribution in [-0.4, -0.2) is 11.9 Å². The lowest BCUT2D eigenvalue weighted by atomic mass is 10.0. The molecule has 0 aliphatic heterocycles. The van der Waals surface area contributed by atoms with Crippen molar-refractivity contribution >= 4 is 11.6 Å². The number of nitriles is 1. The summed E-state index contributed by atoms with van der Waals surface area (Å²) in [5, 5.41) is 11.7. The fraction of sp³-hybridized carbons (Fsp3) is 0.385. The third kappa shape index (κ3) is 2.45. The number of hydrogen-bond acceptors (Lipinski definition) is 3. The fourth-order valence-electron chi connectivity index (χ4n) is 2.23. The van der Waals surface area contributed by atoms with Gasteiger partial charge < -0.3 is 11.1 Å². The Bertz CT molecular complexity index is 464. The van der Waals surface area contributed by atoms with Crippen LogP contribution < -0.4 is 11.1 Å². The molecule has 2 rings (SSSR count). The summed E-state index contributed by atoms with van der Waals surface area (Å²) < 4.78 is 0. The second kappa shape index (κ2) is 4.98. The van der Waals surface area contributed by atoms with Gasteiger partial charge in [-0.1, -0.05) is 18.6 Å². The second-order valence-corrected chi connectivity index (χ2v) is 4.35. The quantitative estimate of drug-likeness (QED) is 0.808. The van der Waals surface area contributed by atoms with Crippen molar-refractivity contribution in [3.05, 3.63) is 29.8 Å². The van der Waals surface area contributed by atoms with Crippen molar-refractivity contribution in [3.63, 3.8) is 0 Å². The Morgan fingerprint density at radius 2 is 2.18 bits per heavy atom. The molecule has 1 aliphatic carbocycles. The highest BCUT2D eigenvalue weighted by atomic mass is 16.1. The van der Waals surface area contributed by atoms with Crippen LogP contribution in [0.1, 0.15) is 24.8 Å². The highest BCUT2D eigenvalue weighted by molar-refractivity contribution is 5.94. The van der Waals surface area contributed by atoms with Gasteiger partial charge in [0.05, 0.1) is 17.2 Å². The van der Waals surface area contributed by atoms with E-state index < -0.39 is 0 Å². The van der Waals surface area contributed by atoms with E-state index in [4.69, 9.17) is 11.0 Å². The molecule has 1 aromatic rings. The molecule has 1 aliphatic rings. The number of carbonyl (C=O) groups is 1. The Kier molecular flexibility index (Phi) is 3.40. The van der Waals surface area contributed by atoms with Crippen LogP contribution in [0, 0.1) is 17.2 Å². The second-order valence-electron chi connectivity index (χ2n) is 4.35. The number of rotatable bonds is 2. The zero-order chi connectivity index (χ0) is 12.3. The Hall–Kier alpha value is -1.86. The van der Waals surface area contributed by atoms with Gasteiger partial charge in [-0.25, -0.2) is 0 Å². The molecule has 17 heavy (non-hydrogen) atoms. The lowest BCUT2D eigenvalue weighted by Gasteiger charge is -2.15. The number of hydrogen-bond donors (Lipinski definition) is 2. The average Bonchev–Trinajstić information content (AvgIpc) is 2.76. The lowest BCUT2D eigenvalue weighted by molar-refractivity contribution is -0.120. The van der Waals surface area contributed by atoms with E-state index in [1.807, 2.05) is 0 Å². The van der Waals surface area contributed by atoms with Crippen molar-refractivity contribution < 1.29 is 4.79 Å². The van der Waals surface area contributed by atoms with Gasteiger partial charge in [0.15, 0.2) is 0 Å². The Balaban J connectivity index is 2.11. The van der Waals surface area contributed by atoms with Gasteiger partial charge in [-0.3, -0.25) is 4.79 Å². The van der Waals surface area contributed by atoms with Crippen LogP contribution in [0.25, 0.3) is 0 Å². The summed E-state index contributed by atoms with van der Waals surface area (Å²) >= 11 is 0. The van der Waals surface area contributed by atoms with Crippen LogP contribution in [0.2, 0.25) is 0 Å². The molecule has 3 N–H and O–H groups in total. The van der Waals surface area contributed by atoms with E-state index in [0.29, 0.717) is 11.3 Å². The van der Waals surface area contributed by atoms with Crippen molar-refractivity contribution in [1.82, 2.24) is 0 Å². The summed E-state index contributed by atoms with van der Waals surface area (Å²) in [6, 6.07) is 8.99. The number of para-hydroxylation sites is 1. The van der Waals surface area contributed by atoms with Gasteiger partial charge in [0, 0.05) is 6.04 Å². The predicted octanol–water partition coefficient (Wildman–Crippen LogP) is 1.62. The first kappa shape index (κ1) is 11.6. The van der Waals surface area contributed by atoms with E-state index in [-0.39, 0.29) is 17.9 Å². The first-order valence-corrected chi connectivity index (χ1v) is 5.78. The normalized spacial score (nSPS) is 23.1. The molecule has 0 spiro atoms. The van der Waals surface area contributed by atoms with Crippen LogP contribution in [0.15, 0.2) is 24.3 Å². The van der Waals surface area contributed by atoms with Gasteiger partial charge >= 0.3 is 0 Å². The largest absolute Gasteiger partial charge is 0.327 e. The average molecular weight is 229 g/mol. The van der Waals surface area contributed by atoms with Crippen molar-refractivity contribution in [2.24, 2.45) is 11.7 Å². The number of carbonyl (C=O) groups excluding carboxylic acids is 1. The molecule has 4 heteroatoms. The van der Waals surface area contributed by atoms with E-state index in [2.05, 4.69) is 11.4 Å². The molecule has 0 heterocycles. The Labute approximate surface area is 100 Å². The fourth-order valence-corrected chi connectivity index (χ4v) is 2.23. The summed E-state index contributed by atoms with van der Waals surface area (Å²) in [4.78, 5) is 12.0. The van der Waals surface area contributed by atoms with Gasteiger partial charge in [0.1, 0.15) is 6.07 Å². The summed E-state index contributed by atoms with van der Waals surface area (Å²) in [5.74, 6) is -0.195. The third-order valence-corrected chi connectivity index (χ3v) is 3.21. The molecule has 0 saturated heterocycles. The number of nitrogens with zero attached hydrogens (tertiary/aromatic N) is 1. The summed E-state index contributed by atoms with van der Waals surface area (Å²) in [5.41, 5.74) is 6.93. The molecular weight excluding hydrogens is 214 g/mol. The monoisotopic (exact) mass is 229 g/mol. The van der Waals surface area contributed by atoms with Crippen LogP contribution in [0.4, 0.5) is 5.69 Å². The number of nitrogens with one attached hydrogen (secondary N) is 1. The Morgan fingerprint density at radius 3 is 2.82 bits per heavy atom. The third-order valence-electron chi connectivity index (χ3n) is 3.21. The number of nitrogens with two attached hydrogens (primary N) is 1. The van der Waals surface area contributed by atoms with Gasteiger partial charge in [0.25, 0.3) is 0 Å². The SMILES string of the molecule is N#Cc1ccccc1NC(=O)C1CCCC1N. The van der Waals surface area contributed by atoms with Gasteiger partial charge in [-0.05, 0) is 25.0 Å². The van der Waals surface area contributed by atoms with E-state index in [0.717, 1.165) is 19.3 Å². The molecule has 1 amide bonds. The summed E-state index contributed by atoms with van der Waals surface area (Å²) in [6.07, 6.45) is 2.73. The van der Waals surface area contributed by atoms with Gasteiger partial charge in [-0.2, -0.15) is 5.26 Å². The predicted molar refractivity (Wildman–Crippen MR) is 65.1 cm³/mol. The smallest absolute Gasteiger partial charge is 0.229 e. The maximum absolute atomic E-state index is 12.0. The zero-order valence-electron chi connectivity index (χ0n) is 9.52. The van der Waals surface area contributed by atoms with Crippen molar-refractivity contribution in [3.8, 4) is 6.07 Å². The number of amides is 1. The molecule has 1 aromatic carbocycles. The number of anilines is 1. The standard InChI is InChI=1S/C13H15N3O/c14-8-9-4-1-2-7-12(9)16-13(17)10-5-3-6-11(10)15/h1-2,4,7,10-11H,3,5-6,15H2,(H,16,17). The number of benzene rings is 1. The molecule has 0 bridgehead atoms. The van der Waals surface area contributed by atoms with E-state index in [9.17, 15) is 4.79 Å². The molecule has 88 valence electrons. The maximum Gasteiger partial charge on any atom is 0.229 e. The van der Waals surface area contributed by atoms with Crippen LogP contribution in [-0.2, 0) is 4.79 Å². The lowest BCUT2D eigenvalue weighted by Crippen LogP contribution is -2.34. The molecule has 0 aromatic heterocycles.